The molecule has 0 heterocycles. The third kappa shape index (κ3) is 6.92. The van der Waals surface area contributed by atoms with Crippen LogP contribution >= 0.6 is 11.8 Å². The summed E-state index contributed by atoms with van der Waals surface area (Å²) in [6.45, 7) is 7.24. The van der Waals surface area contributed by atoms with Gasteiger partial charge in [0.2, 0.25) is 0 Å². The summed E-state index contributed by atoms with van der Waals surface area (Å²) >= 11 is 1.86. The number of nitrogens with zero attached hydrogens (tertiary/aromatic N) is 1. The summed E-state index contributed by atoms with van der Waals surface area (Å²) in [6, 6.07) is 0. The summed E-state index contributed by atoms with van der Waals surface area (Å²) in [5, 5.41) is 16.7. The van der Waals surface area contributed by atoms with Crippen LogP contribution in [0.25, 0.3) is 0 Å². The number of aliphatic hydroxyl groups excluding tert-OH is 1. The molecule has 1 saturated carbocycles. The molecule has 3 N–H and O–H groups in total. The molecule has 0 aliphatic heterocycles. The van der Waals surface area contributed by atoms with Crippen LogP contribution in [0.3, 0.4) is 0 Å². The van der Waals surface area contributed by atoms with Crippen LogP contribution in [0, 0.1) is 5.41 Å². The van der Waals surface area contributed by atoms with E-state index >= 15 is 0 Å². The molecule has 4 nitrogen and oxygen atoms in total. The Morgan fingerprint density at radius 2 is 2.00 bits per heavy atom. The van der Waals surface area contributed by atoms with Gasteiger partial charge < -0.3 is 15.7 Å². The number of nitrogens with one attached hydrogen (secondary N) is 2. The minimum absolute atomic E-state index is 0.223. The zero-order valence-corrected chi connectivity index (χ0v) is 14.8. The fourth-order valence-electron chi connectivity index (χ4n) is 2.94. The maximum absolute atomic E-state index is 9.38. The van der Waals surface area contributed by atoms with Crippen molar-refractivity contribution in [3.63, 3.8) is 0 Å². The van der Waals surface area contributed by atoms with Gasteiger partial charge in [-0.1, -0.05) is 26.2 Å². The molecule has 1 aliphatic rings. The van der Waals surface area contributed by atoms with Gasteiger partial charge in [0.15, 0.2) is 5.96 Å². The van der Waals surface area contributed by atoms with Gasteiger partial charge in [0.1, 0.15) is 0 Å². The van der Waals surface area contributed by atoms with Crippen molar-refractivity contribution in [2.45, 2.75) is 57.6 Å². The molecule has 5 heteroatoms. The second-order valence-corrected chi connectivity index (χ2v) is 7.43. The first-order valence-electron chi connectivity index (χ1n) is 8.31. The first kappa shape index (κ1) is 18.6. The van der Waals surface area contributed by atoms with Crippen LogP contribution in [0.15, 0.2) is 4.99 Å². The first-order valence-corrected chi connectivity index (χ1v) is 9.60. The molecule has 0 amide bonds. The lowest BCUT2D eigenvalue weighted by Gasteiger charge is -2.35. The molecule has 0 radical (unpaired) electrons. The van der Waals surface area contributed by atoms with Gasteiger partial charge in [0.05, 0.1) is 0 Å². The van der Waals surface area contributed by atoms with Gasteiger partial charge in [0.25, 0.3) is 0 Å². The minimum atomic E-state index is 0.223. The average Bonchev–Trinajstić information content (AvgIpc) is 2.51. The van der Waals surface area contributed by atoms with Crippen molar-refractivity contribution in [3.05, 3.63) is 0 Å². The molecule has 0 aromatic rings. The quantitative estimate of drug-likeness (QED) is 0.476. The largest absolute Gasteiger partial charge is 0.396 e. The van der Waals surface area contributed by atoms with Crippen LogP contribution in [0.2, 0.25) is 0 Å². The molecule has 0 bridgehead atoms. The number of aliphatic imine (C=N–C) groups is 1. The topological polar surface area (TPSA) is 56.7 Å². The SMILES string of the molecule is CCNC(=NCC1(CCO)CCCCC1)NCC(C)SC. The van der Waals surface area contributed by atoms with Gasteiger partial charge in [-0.2, -0.15) is 11.8 Å². The number of rotatable bonds is 8. The Hall–Kier alpha value is -0.420. The molecule has 0 aromatic carbocycles. The Bertz CT molecular complexity index is 298. The monoisotopic (exact) mass is 315 g/mol. The second kappa shape index (κ2) is 10.3. The third-order valence-electron chi connectivity index (χ3n) is 4.43. The van der Waals surface area contributed by atoms with Crippen LogP contribution in [0.1, 0.15) is 52.4 Å². The summed E-state index contributed by atoms with van der Waals surface area (Å²) < 4.78 is 0. The normalized spacial score (nSPS) is 20.1. The molecule has 0 aromatic heterocycles. The van der Waals surface area contributed by atoms with E-state index < -0.39 is 0 Å². The molecule has 21 heavy (non-hydrogen) atoms. The molecule has 1 rings (SSSR count). The van der Waals surface area contributed by atoms with E-state index in [1.165, 1.54) is 32.1 Å². The molecule has 124 valence electrons. The highest BCUT2D eigenvalue weighted by Gasteiger charge is 2.31. The van der Waals surface area contributed by atoms with Crippen molar-refractivity contribution in [1.29, 1.82) is 0 Å². The third-order valence-corrected chi connectivity index (χ3v) is 5.40. The smallest absolute Gasteiger partial charge is 0.191 e. The van der Waals surface area contributed by atoms with Crippen molar-refractivity contribution in [1.82, 2.24) is 10.6 Å². The summed E-state index contributed by atoms with van der Waals surface area (Å²) in [4.78, 5) is 4.81. The van der Waals surface area contributed by atoms with Crippen molar-refractivity contribution in [2.24, 2.45) is 10.4 Å². The maximum atomic E-state index is 9.38. The van der Waals surface area contributed by atoms with Crippen molar-refractivity contribution in [2.75, 3.05) is 32.5 Å². The standard InChI is InChI=1S/C16H33N3OS/c1-4-17-15(18-12-14(2)21-3)19-13-16(10-11-20)8-6-5-7-9-16/h14,20H,4-13H2,1-3H3,(H2,17,18,19). The lowest BCUT2D eigenvalue weighted by molar-refractivity contribution is 0.137. The molecule has 1 fully saturated rings. The van der Waals surface area contributed by atoms with Crippen molar-refractivity contribution >= 4 is 17.7 Å². The van der Waals surface area contributed by atoms with E-state index in [1.807, 2.05) is 11.8 Å². The van der Waals surface area contributed by atoms with Gasteiger partial charge in [-0.3, -0.25) is 4.99 Å². The number of hydrogen-bond donors (Lipinski definition) is 3. The van der Waals surface area contributed by atoms with Crippen LogP contribution in [0.4, 0.5) is 0 Å². The molecule has 0 saturated heterocycles. The molecular weight excluding hydrogens is 282 g/mol. The van der Waals surface area contributed by atoms with E-state index in [1.54, 1.807) is 0 Å². The van der Waals surface area contributed by atoms with E-state index in [9.17, 15) is 5.11 Å². The number of hydrogen-bond acceptors (Lipinski definition) is 3. The Balaban J connectivity index is 2.60. The van der Waals surface area contributed by atoms with Gasteiger partial charge in [0, 0.05) is 31.5 Å². The molecule has 1 unspecified atom stereocenters. The van der Waals surface area contributed by atoms with Crippen molar-refractivity contribution in [3.8, 4) is 0 Å². The highest BCUT2D eigenvalue weighted by molar-refractivity contribution is 7.99. The molecule has 1 aliphatic carbocycles. The van der Waals surface area contributed by atoms with Crippen LogP contribution < -0.4 is 10.6 Å². The Morgan fingerprint density at radius 1 is 1.29 bits per heavy atom. The predicted molar refractivity (Wildman–Crippen MR) is 94.2 cm³/mol. The highest BCUT2D eigenvalue weighted by atomic mass is 32.2. The Kier molecular flexibility index (Phi) is 9.16. The van der Waals surface area contributed by atoms with Crippen LogP contribution in [-0.2, 0) is 0 Å². The van der Waals surface area contributed by atoms with Gasteiger partial charge in [-0.05, 0) is 37.9 Å². The van der Waals surface area contributed by atoms with Crippen LogP contribution in [-0.4, -0.2) is 48.8 Å². The number of guanidine groups is 1. The lowest BCUT2D eigenvalue weighted by atomic mass is 9.72. The predicted octanol–water partition coefficient (Wildman–Crippen LogP) is 2.63. The van der Waals surface area contributed by atoms with E-state index in [4.69, 9.17) is 4.99 Å². The zero-order chi connectivity index (χ0) is 15.6. The number of aliphatic hydroxyl groups is 1. The van der Waals surface area contributed by atoms with E-state index in [-0.39, 0.29) is 12.0 Å². The fourth-order valence-corrected chi connectivity index (χ4v) is 3.19. The first-order chi connectivity index (χ1) is 10.2. The summed E-state index contributed by atoms with van der Waals surface area (Å²) in [6.07, 6.45) is 9.33. The molecule has 1 atom stereocenters. The van der Waals surface area contributed by atoms with Gasteiger partial charge >= 0.3 is 0 Å². The highest BCUT2D eigenvalue weighted by Crippen LogP contribution is 2.39. The molecular formula is C16H33N3OS. The molecule has 0 spiro atoms. The Labute approximate surface area is 134 Å². The fraction of sp³-hybridized carbons (Fsp3) is 0.938. The zero-order valence-electron chi connectivity index (χ0n) is 14.0. The summed E-state index contributed by atoms with van der Waals surface area (Å²) in [5.41, 5.74) is 0.223. The van der Waals surface area contributed by atoms with Gasteiger partial charge in [-0.25, -0.2) is 0 Å². The van der Waals surface area contributed by atoms with E-state index in [0.29, 0.717) is 5.25 Å². The number of thioether (sulfide) groups is 1. The maximum Gasteiger partial charge on any atom is 0.191 e. The summed E-state index contributed by atoms with van der Waals surface area (Å²) in [5.74, 6) is 0.918. The Morgan fingerprint density at radius 3 is 2.57 bits per heavy atom. The summed E-state index contributed by atoms with van der Waals surface area (Å²) in [7, 11) is 0. The minimum Gasteiger partial charge on any atom is -0.396 e. The van der Waals surface area contributed by atoms with E-state index in [0.717, 1.165) is 32.0 Å². The lowest BCUT2D eigenvalue weighted by Crippen LogP contribution is -2.41. The second-order valence-electron chi connectivity index (χ2n) is 6.16. The van der Waals surface area contributed by atoms with Crippen molar-refractivity contribution < 1.29 is 5.11 Å². The van der Waals surface area contributed by atoms with E-state index in [2.05, 4.69) is 30.7 Å². The van der Waals surface area contributed by atoms with Crippen LogP contribution in [0.5, 0.6) is 0 Å². The van der Waals surface area contributed by atoms with Gasteiger partial charge in [-0.15, -0.1) is 0 Å². The average molecular weight is 316 g/mol.